The molecule has 0 radical (unpaired) electrons. The number of aryl methyl sites for hydroxylation is 1. The number of benzene rings is 1. The van der Waals surface area contributed by atoms with Crippen LogP contribution in [-0.2, 0) is 0 Å². The van der Waals surface area contributed by atoms with Gasteiger partial charge in [0.15, 0.2) is 0 Å². The summed E-state index contributed by atoms with van der Waals surface area (Å²) in [6, 6.07) is 4.33. The van der Waals surface area contributed by atoms with Crippen molar-refractivity contribution in [2.75, 3.05) is 5.32 Å². The van der Waals surface area contributed by atoms with Crippen molar-refractivity contribution in [2.24, 2.45) is 0 Å². The van der Waals surface area contributed by atoms with Gasteiger partial charge >= 0.3 is 5.97 Å². The lowest BCUT2D eigenvalue weighted by atomic mass is 10.2. The molecule has 98 valence electrons. The summed E-state index contributed by atoms with van der Waals surface area (Å²) in [5, 5.41) is 14.9. The van der Waals surface area contributed by atoms with E-state index in [9.17, 15) is 9.59 Å². The van der Waals surface area contributed by atoms with E-state index in [1.54, 1.807) is 13.0 Å². The summed E-state index contributed by atoms with van der Waals surface area (Å²) in [5.41, 5.74) is 0.369. The highest BCUT2D eigenvalue weighted by Crippen LogP contribution is 2.20. The van der Waals surface area contributed by atoms with Gasteiger partial charge in [-0.15, -0.1) is 0 Å². The highest BCUT2D eigenvalue weighted by atomic mass is 79.9. The van der Waals surface area contributed by atoms with Crippen molar-refractivity contribution in [3.63, 3.8) is 0 Å². The van der Waals surface area contributed by atoms with Crippen LogP contribution in [0.15, 0.2) is 27.2 Å². The molecule has 2 N–H and O–H groups in total. The van der Waals surface area contributed by atoms with Gasteiger partial charge in [0.25, 0.3) is 11.7 Å². The largest absolute Gasteiger partial charge is 0.478 e. The molecule has 1 amide bonds. The standard InChI is InChI=1S/C11H8BrN3O4/c1-5-13-9(15-19-5)10(16)14-8-3-6(11(17)18)2-7(12)4-8/h2-4H,1H3,(H,14,16)(H,17,18). The minimum absolute atomic E-state index is 0.0500. The predicted molar refractivity (Wildman–Crippen MR) is 68.1 cm³/mol. The fourth-order valence-corrected chi connectivity index (χ4v) is 1.86. The molecule has 2 aromatic rings. The molecule has 0 saturated heterocycles. The average molecular weight is 326 g/mol. The molecule has 8 heteroatoms. The van der Waals surface area contributed by atoms with E-state index in [2.05, 4.69) is 35.9 Å². The molecule has 0 aliphatic rings. The molecule has 1 aromatic heterocycles. The molecule has 7 nitrogen and oxygen atoms in total. The van der Waals surface area contributed by atoms with E-state index < -0.39 is 11.9 Å². The summed E-state index contributed by atoms with van der Waals surface area (Å²) in [4.78, 5) is 26.4. The molecule has 1 aromatic carbocycles. The number of halogens is 1. The van der Waals surface area contributed by atoms with E-state index in [0.717, 1.165) is 0 Å². The maximum atomic E-state index is 11.8. The van der Waals surface area contributed by atoms with E-state index in [-0.39, 0.29) is 17.3 Å². The molecule has 1 heterocycles. The van der Waals surface area contributed by atoms with Crippen LogP contribution in [0.2, 0.25) is 0 Å². The normalized spacial score (nSPS) is 10.2. The Hall–Kier alpha value is -2.22. The third-order valence-corrected chi connectivity index (χ3v) is 2.59. The number of aromatic carboxylic acids is 1. The van der Waals surface area contributed by atoms with E-state index in [4.69, 9.17) is 5.11 Å². The second-order valence-electron chi connectivity index (χ2n) is 3.62. The lowest BCUT2D eigenvalue weighted by Gasteiger charge is -2.04. The zero-order chi connectivity index (χ0) is 14.0. The van der Waals surface area contributed by atoms with Crippen molar-refractivity contribution in [2.45, 2.75) is 6.92 Å². The van der Waals surface area contributed by atoms with Crippen LogP contribution < -0.4 is 5.32 Å². The van der Waals surface area contributed by atoms with Gasteiger partial charge < -0.3 is 14.9 Å². The van der Waals surface area contributed by atoms with Gasteiger partial charge in [-0.3, -0.25) is 4.79 Å². The number of carbonyl (C=O) groups excluding carboxylic acids is 1. The van der Waals surface area contributed by atoms with Gasteiger partial charge in [-0.25, -0.2) is 4.79 Å². The second-order valence-corrected chi connectivity index (χ2v) is 4.54. The van der Waals surface area contributed by atoms with Crippen LogP contribution in [0.5, 0.6) is 0 Å². The second kappa shape index (κ2) is 5.19. The molecule has 2 rings (SSSR count). The SMILES string of the molecule is Cc1nc(C(=O)Nc2cc(Br)cc(C(=O)O)c2)no1. The van der Waals surface area contributed by atoms with Crippen molar-refractivity contribution < 1.29 is 19.2 Å². The monoisotopic (exact) mass is 325 g/mol. The van der Waals surface area contributed by atoms with Crippen LogP contribution in [0, 0.1) is 6.92 Å². The van der Waals surface area contributed by atoms with Gasteiger partial charge in [0.05, 0.1) is 5.56 Å². The number of carbonyl (C=O) groups is 2. The first-order chi connectivity index (χ1) is 8.95. The summed E-state index contributed by atoms with van der Waals surface area (Å²) < 4.78 is 5.22. The zero-order valence-corrected chi connectivity index (χ0v) is 11.3. The third-order valence-electron chi connectivity index (χ3n) is 2.13. The highest BCUT2D eigenvalue weighted by molar-refractivity contribution is 9.10. The lowest BCUT2D eigenvalue weighted by Crippen LogP contribution is -2.14. The summed E-state index contributed by atoms with van der Waals surface area (Å²) in [7, 11) is 0. The topological polar surface area (TPSA) is 105 Å². The van der Waals surface area contributed by atoms with Crippen LogP contribution in [0.25, 0.3) is 0 Å². The Morgan fingerprint density at radius 2 is 2.11 bits per heavy atom. The summed E-state index contributed by atoms with van der Waals surface area (Å²) >= 11 is 3.17. The number of carboxylic acids is 1. The lowest BCUT2D eigenvalue weighted by molar-refractivity contribution is 0.0696. The van der Waals surface area contributed by atoms with Gasteiger partial charge in [-0.1, -0.05) is 21.1 Å². The fourth-order valence-electron chi connectivity index (χ4n) is 1.36. The molecule has 0 atom stereocenters. The molecule has 19 heavy (non-hydrogen) atoms. The zero-order valence-electron chi connectivity index (χ0n) is 9.68. The molecular formula is C11H8BrN3O4. The first-order valence-electron chi connectivity index (χ1n) is 5.11. The van der Waals surface area contributed by atoms with Crippen LogP contribution in [0.4, 0.5) is 5.69 Å². The number of rotatable bonds is 3. The number of carboxylic acid groups (broad SMARTS) is 1. The summed E-state index contributed by atoms with van der Waals surface area (Å²) in [6.07, 6.45) is 0. The Morgan fingerprint density at radius 3 is 2.68 bits per heavy atom. The van der Waals surface area contributed by atoms with Crippen molar-refractivity contribution in [3.05, 3.63) is 40.0 Å². The van der Waals surface area contributed by atoms with Crippen molar-refractivity contribution in [1.82, 2.24) is 10.1 Å². The molecule has 0 fully saturated rings. The Bertz CT molecular complexity index is 653. The number of anilines is 1. The first-order valence-corrected chi connectivity index (χ1v) is 5.90. The van der Waals surface area contributed by atoms with Crippen LogP contribution in [0.1, 0.15) is 26.9 Å². The molecule has 0 saturated carbocycles. The van der Waals surface area contributed by atoms with Crippen molar-refractivity contribution >= 4 is 33.5 Å². The van der Waals surface area contributed by atoms with Gasteiger partial charge in [0.2, 0.25) is 5.89 Å². The molecule has 0 spiro atoms. The number of nitrogens with zero attached hydrogens (tertiary/aromatic N) is 2. The van der Waals surface area contributed by atoms with E-state index in [0.29, 0.717) is 10.2 Å². The first kappa shape index (κ1) is 13.2. The maximum absolute atomic E-state index is 11.8. The summed E-state index contributed by atoms with van der Waals surface area (Å²) in [5.74, 6) is -1.52. The molecule has 0 bridgehead atoms. The molecular weight excluding hydrogens is 318 g/mol. The molecule has 0 aliphatic heterocycles. The van der Waals surface area contributed by atoms with Crippen LogP contribution in [-0.4, -0.2) is 27.1 Å². The van der Waals surface area contributed by atoms with Gasteiger partial charge in [0, 0.05) is 17.1 Å². The Balaban J connectivity index is 2.23. The molecule has 0 aliphatic carbocycles. The number of hydrogen-bond acceptors (Lipinski definition) is 5. The number of nitrogens with one attached hydrogen (secondary N) is 1. The third kappa shape index (κ3) is 3.16. The van der Waals surface area contributed by atoms with E-state index >= 15 is 0 Å². The van der Waals surface area contributed by atoms with E-state index in [1.165, 1.54) is 12.1 Å². The summed E-state index contributed by atoms with van der Waals surface area (Å²) in [6.45, 7) is 1.56. The van der Waals surface area contributed by atoms with Crippen LogP contribution in [0.3, 0.4) is 0 Å². The number of hydrogen-bond donors (Lipinski definition) is 2. The maximum Gasteiger partial charge on any atom is 0.335 e. The minimum atomic E-state index is -1.09. The number of amides is 1. The minimum Gasteiger partial charge on any atom is -0.478 e. The average Bonchev–Trinajstić information content (AvgIpc) is 2.75. The van der Waals surface area contributed by atoms with Crippen molar-refractivity contribution in [3.8, 4) is 0 Å². The smallest absolute Gasteiger partial charge is 0.335 e. The quantitative estimate of drug-likeness (QED) is 0.895. The van der Waals surface area contributed by atoms with Gasteiger partial charge in [0.1, 0.15) is 0 Å². The Kier molecular flexibility index (Phi) is 3.61. The predicted octanol–water partition coefficient (Wildman–Crippen LogP) is 2.09. The van der Waals surface area contributed by atoms with Crippen molar-refractivity contribution in [1.29, 1.82) is 0 Å². The Morgan fingerprint density at radius 1 is 1.37 bits per heavy atom. The van der Waals surface area contributed by atoms with Crippen LogP contribution >= 0.6 is 15.9 Å². The number of aromatic nitrogens is 2. The Labute approximate surface area is 115 Å². The van der Waals surface area contributed by atoms with Gasteiger partial charge in [-0.05, 0) is 18.2 Å². The fraction of sp³-hybridized carbons (Fsp3) is 0.0909. The highest BCUT2D eigenvalue weighted by Gasteiger charge is 2.14. The van der Waals surface area contributed by atoms with E-state index in [1.807, 2.05) is 0 Å². The molecule has 0 unspecified atom stereocenters. The van der Waals surface area contributed by atoms with Gasteiger partial charge in [-0.2, -0.15) is 4.98 Å².